The number of nitrogens with zero attached hydrogens (tertiary/aromatic N) is 1. The highest BCUT2D eigenvalue weighted by atomic mass is 32.2. The van der Waals surface area contributed by atoms with Crippen molar-refractivity contribution < 1.29 is 21.6 Å². The molecule has 11 heteroatoms. The number of nitrogens with one attached hydrogen (secondary N) is 2. The minimum absolute atomic E-state index is 0.139. The first-order valence-corrected chi connectivity index (χ1v) is 15.1. The third-order valence-corrected chi connectivity index (χ3v) is 10.2. The summed E-state index contributed by atoms with van der Waals surface area (Å²) in [5, 5.41) is 4.51. The Labute approximate surface area is 217 Å². The van der Waals surface area contributed by atoms with E-state index in [1.807, 2.05) is 17.8 Å². The van der Waals surface area contributed by atoms with Gasteiger partial charge in [0.25, 0.3) is 0 Å². The molecule has 2 aliphatic rings. The van der Waals surface area contributed by atoms with Crippen molar-refractivity contribution >= 4 is 38.3 Å². The summed E-state index contributed by atoms with van der Waals surface area (Å²) < 4.78 is 66.5. The standard InChI is InChI=1S/C25H26F3N3O2S3/c26-25(27,28)17-4-3-5-19(14-17)36(32,33)29-15-16-8-10-18(11-9-16)30-24-31-23-20-6-1-2-7-21(20)34-13-12-22(23)35-24/h1-7,14,16,18,29H,8-13,15H2,(H,30,31)/t16-,18-. The summed E-state index contributed by atoms with van der Waals surface area (Å²) in [7, 11) is -4.01. The molecule has 0 bridgehead atoms. The van der Waals surface area contributed by atoms with Crippen molar-refractivity contribution in [3.8, 4) is 11.3 Å². The van der Waals surface area contributed by atoms with E-state index in [4.69, 9.17) is 4.98 Å². The monoisotopic (exact) mass is 553 g/mol. The highest BCUT2D eigenvalue weighted by Crippen LogP contribution is 2.41. The molecule has 0 unspecified atom stereocenters. The molecular weight excluding hydrogens is 527 g/mol. The minimum atomic E-state index is -4.59. The first kappa shape index (κ1) is 25.6. The van der Waals surface area contributed by atoms with Gasteiger partial charge in [0.1, 0.15) is 0 Å². The summed E-state index contributed by atoms with van der Waals surface area (Å²) in [5.41, 5.74) is 1.29. The molecule has 0 spiro atoms. The van der Waals surface area contributed by atoms with Crippen molar-refractivity contribution in [2.45, 2.75) is 54.1 Å². The summed E-state index contributed by atoms with van der Waals surface area (Å²) in [6.07, 6.45) is -0.179. The second kappa shape index (κ2) is 10.4. The molecule has 0 saturated heterocycles. The number of hydrogen-bond donors (Lipinski definition) is 2. The third kappa shape index (κ3) is 5.74. The van der Waals surface area contributed by atoms with Crippen LogP contribution in [0.2, 0.25) is 0 Å². The van der Waals surface area contributed by atoms with Crippen LogP contribution in [-0.2, 0) is 22.6 Å². The molecule has 1 saturated carbocycles. The van der Waals surface area contributed by atoms with Gasteiger partial charge in [-0.2, -0.15) is 13.2 Å². The summed E-state index contributed by atoms with van der Waals surface area (Å²) in [4.78, 5) is 7.11. The summed E-state index contributed by atoms with van der Waals surface area (Å²) in [6.45, 7) is 0.214. The van der Waals surface area contributed by atoms with Gasteiger partial charge in [-0.15, -0.1) is 23.1 Å². The van der Waals surface area contributed by atoms with Crippen molar-refractivity contribution in [1.82, 2.24) is 9.71 Å². The van der Waals surface area contributed by atoms with Crippen molar-refractivity contribution in [1.29, 1.82) is 0 Å². The van der Waals surface area contributed by atoms with E-state index in [-0.39, 0.29) is 23.4 Å². The number of thiazole rings is 1. The molecule has 1 aliphatic carbocycles. The molecule has 2 N–H and O–H groups in total. The average molecular weight is 554 g/mol. The Morgan fingerprint density at radius 3 is 2.58 bits per heavy atom. The molecule has 0 atom stereocenters. The molecule has 3 aromatic rings. The molecule has 5 nitrogen and oxygen atoms in total. The van der Waals surface area contributed by atoms with E-state index in [9.17, 15) is 21.6 Å². The number of benzene rings is 2. The smallest absolute Gasteiger partial charge is 0.359 e. The highest BCUT2D eigenvalue weighted by Gasteiger charge is 2.32. The maximum absolute atomic E-state index is 13.0. The fourth-order valence-electron chi connectivity index (χ4n) is 4.67. The Morgan fingerprint density at radius 1 is 1.03 bits per heavy atom. The molecule has 2 heterocycles. The van der Waals surface area contributed by atoms with Gasteiger partial charge in [-0.05, 0) is 62.3 Å². The van der Waals surface area contributed by atoms with Gasteiger partial charge in [0.2, 0.25) is 10.0 Å². The number of fused-ring (bicyclic) bond motifs is 3. The number of hydrogen-bond acceptors (Lipinski definition) is 6. The molecule has 36 heavy (non-hydrogen) atoms. The molecule has 1 fully saturated rings. The largest absolute Gasteiger partial charge is 0.416 e. The van der Waals surface area contributed by atoms with E-state index < -0.39 is 21.8 Å². The average Bonchev–Trinajstić information content (AvgIpc) is 3.17. The van der Waals surface area contributed by atoms with Crippen LogP contribution in [-0.4, -0.2) is 31.7 Å². The number of sulfonamides is 1. The number of aromatic nitrogens is 1. The zero-order chi connectivity index (χ0) is 25.3. The number of rotatable bonds is 6. The number of aryl methyl sites for hydroxylation is 1. The number of thioether (sulfide) groups is 1. The Bertz CT molecular complexity index is 1330. The highest BCUT2D eigenvalue weighted by molar-refractivity contribution is 7.99. The third-order valence-electron chi connectivity index (χ3n) is 6.63. The summed E-state index contributed by atoms with van der Waals surface area (Å²) in [6, 6.07) is 12.5. The van der Waals surface area contributed by atoms with Crippen molar-refractivity contribution in [2.75, 3.05) is 17.6 Å². The Kier molecular flexibility index (Phi) is 7.35. The molecule has 1 aliphatic heterocycles. The minimum Gasteiger partial charge on any atom is -0.359 e. The predicted molar refractivity (Wildman–Crippen MR) is 138 cm³/mol. The van der Waals surface area contributed by atoms with E-state index in [1.165, 1.54) is 21.4 Å². The van der Waals surface area contributed by atoms with Gasteiger partial charge in [-0.25, -0.2) is 18.1 Å². The van der Waals surface area contributed by atoms with Crippen LogP contribution in [0.1, 0.15) is 36.1 Å². The maximum Gasteiger partial charge on any atom is 0.416 e. The van der Waals surface area contributed by atoms with Gasteiger partial charge in [0.05, 0.1) is 16.2 Å². The predicted octanol–water partition coefficient (Wildman–Crippen LogP) is 6.43. The zero-order valence-electron chi connectivity index (χ0n) is 19.3. The molecule has 192 valence electrons. The van der Waals surface area contributed by atoms with Crippen LogP contribution in [0.15, 0.2) is 58.3 Å². The SMILES string of the molecule is O=S(=O)(NC[C@H]1CC[C@H](Nc2nc3c(s2)CCSc2ccccc2-3)CC1)c1cccc(C(F)(F)F)c1. The van der Waals surface area contributed by atoms with Crippen molar-refractivity contribution in [3.05, 3.63) is 59.0 Å². The van der Waals surface area contributed by atoms with Gasteiger partial charge in [-0.1, -0.05) is 24.3 Å². The van der Waals surface area contributed by atoms with Crippen LogP contribution < -0.4 is 10.0 Å². The molecular formula is C25H26F3N3O2S3. The van der Waals surface area contributed by atoms with Crippen molar-refractivity contribution in [2.24, 2.45) is 5.92 Å². The first-order valence-electron chi connectivity index (χ1n) is 11.8. The van der Waals surface area contributed by atoms with Crippen molar-refractivity contribution in [3.63, 3.8) is 0 Å². The van der Waals surface area contributed by atoms with E-state index in [2.05, 4.69) is 28.2 Å². The zero-order valence-corrected chi connectivity index (χ0v) is 21.8. The second-order valence-electron chi connectivity index (χ2n) is 9.12. The quantitative estimate of drug-likeness (QED) is 0.368. The normalized spacial score (nSPS) is 20.3. The fourth-order valence-corrected chi connectivity index (χ4v) is 8.04. The molecule has 0 radical (unpaired) electrons. The Morgan fingerprint density at radius 2 is 1.81 bits per heavy atom. The number of halogens is 3. The van der Waals surface area contributed by atoms with Gasteiger partial charge in [0.15, 0.2) is 5.13 Å². The molecule has 0 amide bonds. The molecule has 2 aromatic carbocycles. The maximum atomic E-state index is 13.0. The lowest BCUT2D eigenvalue weighted by Gasteiger charge is -2.29. The Balaban J connectivity index is 1.16. The van der Waals surface area contributed by atoms with Gasteiger partial charge < -0.3 is 5.32 Å². The lowest BCUT2D eigenvalue weighted by Crippen LogP contribution is -2.34. The summed E-state index contributed by atoms with van der Waals surface area (Å²) >= 11 is 3.58. The van der Waals surface area contributed by atoms with Crippen LogP contribution in [0.5, 0.6) is 0 Å². The van der Waals surface area contributed by atoms with Crippen LogP contribution >= 0.6 is 23.1 Å². The van der Waals surface area contributed by atoms with Gasteiger partial charge in [-0.3, -0.25) is 0 Å². The molecule has 1 aromatic heterocycles. The van der Waals surface area contributed by atoms with Gasteiger partial charge in [0, 0.05) is 33.7 Å². The topological polar surface area (TPSA) is 71.1 Å². The van der Waals surface area contributed by atoms with Crippen LogP contribution in [0, 0.1) is 5.92 Å². The number of alkyl halides is 3. The first-order chi connectivity index (χ1) is 17.2. The van der Waals surface area contributed by atoms with E-state index in [1.54, 1.807) is 11.3 Å². The number of anilines is 1. The fraction of sp³-hybridized carbons (Fsp3) is 0.400. The van der Waals surface area contributed by atoms with Crippen LogP contribution in [0.3, 0.4) is 0 Å². The van der Waals surface area contributed by atoms with Gasteiger partial charge >= 0.3 is 6.18 Å². The Hall–Kier alpha value is -2.08. The second-order valence-corrected chi connectivity index (χ2v) is 13.1. The van der Waals surface area contributed by atoms with E-state index in [0.29, 0.717) is 6.07 Å². The summed E-state index contributed by atoms with van der Waals surface area (Å²) in [5.74, 6) is 1.17. The van der Waals surface area contributed by atoms with E-state index in [0.717, 1.165) is 60.8 Å². The van der Waals surface area contributed by atoms with E-state index >= 15 is 0 Å². The molecule has 5 rings (SSSR count). The van der Waals surface area contributed by atoms with Crippen LogP contribution in [0.4, 0.5) is 18.3 Å². The van der Waals surface area contributed by atoms with Crippen LogP contribution in [0.25, 0.3) is 11.3 Å². The lowest BCUT2D eigenvalue weighted by molar-refractivity contribution is -0.137. The lowest BCUT2D eigenvalue weighted by atomic mass is 9.86.